The van der Waals surface area contributed by atoms with Crippen LogP contribution in [0.2, 0.25) is 0 Å². The first-order valence-corrected chi connectivity index (χ1v) is 14.8. The molecule has 0 spiro atoms. The Labute approximate surface area is 221 Å². The molecular formula is C28H30N4O3S2. The zero-order valence-corrected chi connectivity index (χ0v) is 22.7. The van der Waals surface area contributed by atoms with Gasteiger partial charge in [0.2, 0.25) is 10.0 Å². The lowest BCUT2D eigenvalue weighted by Crippen LogP contribution is -2.32. The molecular weight excluding hydrogens is 504 g/mol. The smallest absolute Gasteiger partial charge is 0.260 e. The van der Waals surface area contributed by atoms with E-state index in [1.165, 1.54) is 16.9 Å². The Morgan fingerprint density at radius 1 is 1.00 bits per heavy atom. The Morgan fingerprint density at radius 2 is 1.70 bits per heavy atom. The Kier molecular flexibility index (Phi) is 7.37. The molecule has 1 aliphatic heterocycles. The Balaban J connectivity index is 1.47. The standard InChI is InChI=1S/C28H30N4O3S2/c1-20-16-25-26(17-21(20)2)36-28(30-25)32(19-22-8-7-13-29-18-22)27(33)23-9-11-24(12-10-23)37(34,35)31-14-5-3-4-6-15-31/h7-13,16-18H,3-6,14-15,19H2,1-2H3. The van der Waals surface area contributed by atoms with E-state index >= 15 is 0 Å². The van der Waals surface area contributed by atoms with Gasteiger partial charge in [0, 0.05) is 31.0 Å². The van der Waals surface area contributed by atoms with Gasteiger partial charge in [0.05, 0.1) is 21.7 Å². The summed E-state index contributed by atoms with van der Waals surface area (Å²) >= 11 is 1.47. The van der Waals surface area contributed by atoms with E-state index in [1.807, 2.05) is 25.1 Å². The van der Waals surface area contributed by atoms with Crippen LogP contribution in [0.1, 0.15) is 52.7 Å². The van der Waals surface area contributed by atoms with E-state index < -0.39 is 10.0 Å². The molecule has 5 rings (SSSR count). The molecule has 0 unspecified atom stereocenters. The summed E-state index contributed by atoms with van der Waals surface area (Å²) in [6.07, 6.45) is 7.29. The molecule has 9 heteroatoms. The number of carbonyl (C=O) groups excluding carboxylic acids is 1. The van der Waals surface area contributed by atoms with E-state index in [9.17, 15) is 13.2 Å². The van der Waals surface area contributed by atoms with Crippen molar-refractivity contribution in [3.05, 3.63) is 83.2 Å². The van der Waals surface area contributed by atoms with Crippen LogP contribution in [0.5, 0.6) is 0 Å². The first kappa shape index (κ1) is 25.5. The van der Waals surface area contributed by atoms with E-state index in [-0.39, 0.29) is 10.8 Å². The molecule has 2 aromatic heterocycles. The number of fused-ring (bicyclic) bond motifs is 1. The van der Waals surface area contributed by atoms with Crippen molar-refractivity contribution in [1.82, 2.24) is 14.3 Å². The van der Waals surface area contributed by atoms with Crippen molar-refractivity contribution < 1.29 is 13.2 Å². The van der Waals surface area contributed by atoms with E-state index in [0.29, 0.717) is 30.3 Å². The van der Waals surface area contributed by atoms with Crippen LogP contribution >= 0.6 is 11.3 Å². The number of nitrogens with zero attached hydrogens (tertiary/aromatic N) is 4. The second kappa shape index (κ2) is 10.7. The summed E-state index contributed by atoms with van der Waals surface area (Å²) in [4.78, 5) is 24.6. The van der Waals surface area contributed by atoms with E-state index in [4.69, 9.17) is 4.98 Å². The number of benzene rings is 2. The lowest BCUT2D eigenvalue weighted by Gasteiger charge is -2.21. The van der Waals surface area contributed by atoms with Crippen LogP contribution in [0.4, 0.5) is 5.13 Å². The van der Waals surface area contributed by atoms with Crippen molar-refractivity contribution in [1.29, 1.82) is 0 Å². The van der Waals surface area contributed by atoms with Gasteiger partial charge >= 0.3 is 0 Å². The Hall–Kier alpha value is -3.14. The van der Waals surface area contributed by atoms with Gasteiger partial charge in [-0.2, -0.15) is 4.31 Å². The largest absolute Gasteiger partial charge is 0.279 e. The van der Waals surface area contributed by atoms with Gasteiger partial charge in [-0.25, -0.2) is 13.4 Å². The number of hydrogen-bond donors (Lipinski definition) is 0. The third kappa shape index (κ3) is 5.44. The monoisotopic (exact) mass is 534 g/mol. The normalized spacial score (nSPS) is 15.0. The molecule has 0 atom stereocenters. The number of aryl methyl sites for hydroxylation is 2. The van der Waals surface area contributed by atoms with Gasteiger partial charge in [0.15, 0.2) is 5.13 Å². The summed E-state index contributed by atoms with van der Waals surface area (Å²) < 4.78 is 29.0. The van der Waals surface area contributed by atoms with Gasteiger partial charge in [-0.3, -0.25) is 14.7 Å². The van der Waals surface area contributed by atoms with Crippen LogP contribution in [0.3, 0.4) is 0 Å². The summed E-state index contributed by atoms with van der Waals surface area (Å²) in [6, 6.07) is 14.2. The highest BCUT2D eigenvalue weighted by molar-refractivity contribution is 7.89. The molecule has 7 nitrogen and oxygen atoms in total. The van der Waals surface area contributed by atoms with Crippen LogP contribution in [0.15, 0.2) is 65.8 Å². The third-order valence-corrected chi connectivity index (χ3v) is 9.79. The molecule has 192 valence electrons. The highest BCUT2D eigenvalue weighted by atomic mass is 32.2. The highest BCUT2D eigenvalue weighted by Gasteiger charge is 2.27. The first-order valence-electron chi connectivity index (χ1n) is 12.5. The maximum atomic E-state index is 13.8. The van der Waals surface area contributed by atoms with E-state index in [1.54, 1.807) is 45.9 Å². The molecule has 0 radical (unpaired) electrons. The number of amides is 1. The third-order valence-electron chi connectivity index (χ3n) is 6.84. The molecule has 2 aromatic carbocycles. The predicted molar refractivity (Wildman–Crippen MR) is 148 cm³/mol. The number of thiazole rings is 1. The SMILES string of the molecule is Cc1cc2nc(N(Cc3cccnc3)C(=O)c3ccc(S(=O)(=O)N4CCCCCC4)cc3)sc2cc1C. The zero-order valence-electron chi connectivity index (χ0n) is 21.1. The Morgan fingerprint density at radius 3 is 2.38 bits per heavy atom. The van der Waals surface area contributed by atoms with Gasteiger partial charge in [0.25, 0.3) is 5.91 Å². The fourth-order valence-electron chi connectivity index (χ4n) is 4.54. The highest BCUT2D eigenvalue weighted by Crippen LogP contribution is 2.32. The molecule has 1 amide bonds. The van der Waals surface area contributed by atoms with Crippen molar-refractivity contribution in [3.8, 4) is 0 Å². The molecule has 1 aliphatic rings. The molecule has 1 fully saturated rings. The van der Waals surface area contributed by atoms with E-state index in [2.05, 4.69) is 18.0 Å². The van der Waals surface area contributed by atoms with Crippen molar-refractivity contribution in [2.75, 3.05) is 18.0 Å². The second-order valence-corrected chi connectivity index (χ2v) is 12.4. The van der Waals surface area contributed by atoms with Crippen LogP contribution in [0, 0.1) is 13.8 Å². The molecule has 1 saturated heterocycles. The number of hydrogen-bond acceptors (Lipinski definition) is 6. The lowest BCUT2D eigenvalue weighted by atomic mass is 10.1. The van der Waals surface area contributed by atoms with Crippen molar-refractivity contribution in [3.63, 3.8) is 0 Å². The summed E-state index contributed by atoms with van der Waals surface area (Å²) in [7, 11) is -3.58. The van der Waals surface area contributed by atoms with Gasteiger partial charge in [-0.15, -0.1) is 0 Å². The molecule has 3 heterocycles. The maximum Gasteiger partial charge on any atom is 0.260 e. The van der Waals surface area contributed by atoms with Gasteiger partial charge < -0.3 is 0 Å². The maximum absolute atomic E-state index is 13.8. The fourth-order valence-corrected chi connectivity index (χ4v) is 7.10. The lowest BCUT2D eigenvalue weighted by molar-refractivity contribution is 0.0985. The van der Waals surface area contributed by atoms with Crippen molar-refractivity contribution >= 4 is 42.6 Å². The zero-order chi connectivity index (χ0) is 26.0. The number of sulfonamides is 1. The Bertz CT molecular complexity index is 1470. The second-order valence-electron chi connectivity index (χ2n) is 9.50. The quantitative estimate of drug-likeness (QED) is 0.316. The first-order chi connectivity index (χ1) is 17.8. The minimum atomic E-state index is -3.58. The predicted octanol–water partition coefficient (Wildman–Crippen LogP) is 5.72. The summed E-state index contributed by atoms with van der Waals surface area (Å²) in [5.41, 5.74) is 4.46. The number of carbonyl (C=O) groups is 1. The van der Waals surface area contributed by atoms with Crippen LogP contribution < -0.4 is 4.90 Å². The van der Waals surface area contributed by atoms with Crippen LogP contribution in [-0.4, -0.2) is 41.7 Å². The molecule has 0 aliphatic carbocycles. The van der Waals surface area contributed by atoms with E-state index in [0.717, 1.165) is 47.0 Å². The summed E-state index contributed by atoms with van der Waals surface area (Å²) in [5.74, 6) is -0.241. The molecule has 0 N–H and O–H groups in total. The molecule has 4 aromatic rings. The minimum Gasteiger partial charge on any atom is -0.279 e. The van der Waals surface area contributed by atoms with Gasteiger partial charge in [-0.1, -0.05) is 30.2 Å². The number of anilines is 1. The molecule has 37 heavy (non-hydrogen) atoms. The van der Waals surface area contributed by atoms with Crippen molar-refractivity contribution in [2.24, 2.45) is 0 Å². The number of aromatic nitrogens is 2. The topological polar surface area (TPSA) is 83.5 Å². The van der Waals surface area contributed by atoms with Crippen molar-refractivity contribution in [2.45, 2.75) is 51.0 Å². The average molecular weight is 535 g/mol. The summed E-state index contributed by atoms with van der Waals surface area (Å²) in [6.45, 7) is 5.50. The fraction of sp³-hybridized carbons (Fsp3) is 0.321. The average Bonchev–Trinajstić information content (AvgIpc) is 3.10. The van der Waals surface area contributed by atoms with Crippen LogP contribution in [0.25, 0.3) is 10.2 Å². The number of pyridine rings is 1. The van der Waals surface area contributed by atoms with Gasteiger partial charge in [-0.05, 0) is 85.8 Å². The minimum absolute atomic E-state index is 0.218. The number of rotatable bonds is 6. The van der Waals surface area contributed by atoms with Crippen LogP contribution in [-0.2, 0) is 16.6 Å². The molecule has 0 bridgehead atoms. The molecule has 0 saturated carbocycles. The van der Waals surface area contributed by atoms with Gasteiger partial charge in [0.1, 0.15) is 0 Å². The summed E-state index contributed by atoms with van der Waals surface area (Å²) in [5, 5.41) is 0.593.